The average Bonchev–Trinajstić information content (AvgIpc) is 2.68. The van der Waals surface area contributed by atoms with Gasteiger partial charge in [-0.15, -0.1) is 0 Å². The summed E-state index contributed by atoms with van der Waals surface area (Å²) in [6.45, 7) is 8.90. The molecule has 3 N–H and O–H groups in total. The second kappa shape index (κ2) is 5.69. The summed E-state index contributed by atoms with van der Waals surface area (Å²) in [5.74, 6) is -0.0671. The molecule has 18 heavy (non-hydrogen) atoms. The number of rotatable bonds is 5. The number of nitrogens with zero attached hydrogens (tertiary/aromatic N) is 1. The molecule has 1 aromatic rings. The third-order valence-corrected chi connectivity index (χ3v) is 4.14. The smallest absolute Gasteiger partial charge is 0.268 e. The van der Waals surface area contributed by atoms with Crippen molar-refractivity contribution in [1.29, 1.82) is 0 Å². The molecule has 1 aromatic heterocycles. The Labute approximate surface area is 113 Å². The highest BCUT2D eigenvalue weighted by Gasteiger charge is 2.20. The molecule has 0 saturated heterocycles. The van der Waals surface area contributed by atoms with Crippen LogP contribution >= 0.6 is 11.8 Å². The lowest BCUT2D eigenvalue weighted by molar-refractivity contribution is 0.0940. The van der Waals surface area contributed by atoms with E-state index in [9.17, 15) is 4.79 Å². The van der Waals surface area contributed by atoms with Crippen LogP contribution in [0.1, 0.15) is 44.2 Å². The van der Waals surface area contributed by atoms with Gasteiger partial charge in [-0.2, -0.15) is 11.8 Å². The number of amides is 1. The molecule has 1 rings (SSSR count). The van der Waals surface area contributed by atoms with Gasteiger partial charge in [0.2, 0.25) is 0 Å². The number of nitrogens with one attached hydrogen (secondary N) is 1. The molecule has 0 aliphatic heterocycles. The monoisotopic (exact) mass is 269 g/mol. The molecule has 0 unspecified atom stereocenters. The van der Waals surface area contributed by atoms with Crippen molar-refractivity contribution < 1.29 is 4.79 Å². The Balaban J connectivity index is 2.79. The van der Waals surface area contributed by atoms with E-state index in [-0.39, 0.29) is 16.7 Å². The van der Waals surface area contributed by atoms with Crippen LogP contribution in [-0.2, 0) is 0 Å². The van der Waals surface area contributed by atoms with Crippen molar-refractivity contribution in [2.75, 3.05) is 18.5 Å². The summed E-state index contributed by atoms with van der Waals surface area (Å²) < 4.78 is 1.94. The summed E-state index contributed by atoms with van der Waals surface area (Å²) in [5, 5.41) is 2.96. The molecule has 0 saturated carbocycles. The Hall–Kier alpha value is -1.10. The van der Waals surface area contributed by atoms with Crippen LogP contribution in [0.2, 0.25) is 0 Å². The van der Waals surface area contributed by atoms with Crippen LogP contribution in [0.5, 0.6) is 0 Å². The lowest BCUT2D eigenvalue weighted by Crippen LogP contribution is -2.37. The molecule has 0 aliphatic rings. The second-order valence-electron chi connectivity index (χ2n) is 5.31. The molecule has 0 atom stereocenters. The number of carbonyl (C=O) groups excluding carboxylic acids is 1. The Kier molecular flexibility index (Phi) is 4.73. The van der Waals surface area contributed by atoms with Crippen LogP contribution in [0, 0.1) is 0 Å². The lowest BCUT2D eigenvalue weighted by Gasteiger charge is -2.22. The summed E-state index contributed by atoms with van der Waals surface area (Å²) in [7, 11) is 0. The largest absolute Gasteiger partial charge is 0.397 e. The zero-order valence-electron chi connectivity index (χ0n) is 11.8. The molecule has 0 bridgehead atoms. The molecule has 5 heteroatoms. The van der Waals surface area contributed by atoms with Gasteiger partial charge in [-0.05, 0) is 40.0 Å². The maximum Gasteiger partial charge on any atom is 0.268 e. The molecule has 0 fully saturated rings. The number of hydrogen-bond donors (Lipinski definition) is 2. The van der Waals surface area contributed by atoms with Crippen molar-refractivity contribution >= 4 is 23.4 Å². The fourth-order valence-corrected chi connectivity index (χ4v) is 1.78. The van der Waals surface area contributed by atoms with Crippen molar-refractivity contribution in [3.63, 3.8) is 0 Å². The summed E-state index contributed by atoms with van der Waals surface area (Å²) >= 11 is 1.73. The SMILES string of the molecule is CSC(C)(C)CNC(=O)c1cc(N)cn1C(C)C. The minimum atomic E-state index is -0.0671. The number of nitrogen functional groups attached to an aromatic ring is 1. The van der Waals surface area contributed by atoms with Crippen molar-refractivity contribution in [3.05, 3.63) is 18.0 Å². The van der Waals surface area contributed by atoms with Gasteiger partial charge in [-0.25, -0.2) is 0 Å². The van der Waals surface area contributed by atoms with Gasteiger partial charge in [0.05, 0.1) is 5.69 Å². The molecule has 4 nitrogen and oxygen atoms in total. The van der Waals surface area contributed by atoms with Crippen molar-refractivity contribution in [2.24, 2.45) is 0 Å². The van der Waals surface area contributed by atoms with Gasteiger partial charge in [-0.1, -0.05) is 0 Å². The highest BCUT2D eigenvalue weighted by molar-refractivity contribution is 7.99. The number of thioether (sulfide) groups is 1. The van der Waals surface area contributed by atoms with E-state index in [2.05, 4.69) is 19.2 Å². The fraction of sp³-hybridized carbons (Fsp3) is 0.615. The molecular weight excluding hydrogens is 246 g/mol. The molecule has 0 aliphatic carbocycles. The predicted octanol–water partition coefficient (Wildman–Crippen LogP) is 2.52. The zero-order valence-corrected chi connectivity index (χ0v) is 12.6. The van der Waals surface area contributed by atoms with Crippen molar-refractivity contribution in [1.82, 2.24) is 9.88 Å². The Bertz CT molecular complexity index is 424. The van der Waals surface area contributed by atoms with E-state index < -0.39 is 0 Å². The zero-order chi connectivity index (χ0) is 13.9. The topological polar surface area (TPSA) is 60.1 Å². The minimum absolute atomic E-state index is 0.0382. The normalized spacial score (nSPS) is 11.9. The fourth-order valence-electron chi connectivity index (χ4n) is 1.57. The summed E-state index contributed by atoms with van der Waals surface area (Å²) in [6.07, 6.45) is 3.85. The van der Waals surface area contributed by atoms with Gasteiger partial charge >= 0.3 is 0 Å². The quantitative estimate of drug-likeness (QED) is 0.863. The molecular formula is C13H23N3OS. The van der Waals surface area contributed by atoms with Crippen LogP contribution in [0.4, 0.5) is 5.69 Å². The van der Waals surface area contributed by atoms with Crippen LogP contribution < -0.4 is 11.1 Å². The van der Waals surface area contributed by atoms with Gasteiger partial charge < -0.3 is 15.6 Å². The van der Waals surface area contributed by atoms with E-state index in [0.717, 1.165) is 0 Å². The molecule has 1 amide bonds. The number of hydrogen-bond acceptors (Lipinski definition) is 3. The number of anilines is 1. The van der Waals surface area contributed by atoms with Crippen LogP contribution in [-0.4, -0.2) is 28.0 Å². The van der Waals surface area contributed by atoms with Gasteiger partial charge in [-0.3, -0.25) is 4.79 Å². The highest BCUT2D eigenvalue weighted by atomic mass is 32.2. The first-order valence-corrected chi connectivity index (χ1v) is 7.30. The number of nitrogens with two attached hydrogens (primary N) is 1. The van der Waals surface area contributed by atoms with Crippen LogP contribution in [0.15, 0.2) is 12.3 Å². The minimum Gasteiger partial charge on any atom is -0.397 e. The first kappa shape index (κ1) is 15.0. The Morgan fingerprint density at radius 2 is 2.17 bits per heavy atom. The van der Waals surface area contributed by atoms with E-state index >= 15 is 0 Å². The second-order valence-corrected chi connectivity index (χ2v) is 6.82. The Morgan fingerprint density at radius 1 is 1.56 bits per heavy atom. The molecule has 102 valence electrons. The van der Waals surface area contributed by atoms with Gasteiger partial charge in [0.1, 0.15) is 5.69 Å². The average molecular weight is 269 g/mol. The molecule has 0 radical (unpaired) electrons. The standard InChI is InChI=1S/C13H23N3OS/c1-9(2)16-7-10(14)6-11(16)12(17)15-8-13(3,4)18-5/h6-7,9H,8,14H2,1-5H3,(H,15,17). The van der Waals surface area contributed by atoms with Crippen molar-refractivity contribution in [3.8, 4) is 0 Å². The number of aromatic nitrogens is 1. The highest BCUT2D eigenvalue weighted by Crippen LogP contribution is 2.20. The number of carbonyl (C=O) groups is 1. The maximum atomic E-state index is 12.1. The van der Waals surface area contributed by atoms with E-state index in [1.165, 1.54) is 0 Å². The third kappa shape index (κ3) is 3.70. The summed E-state index contributed by atoms with van der Waals surface area (Å²) in [5.41, 5.74) is 7.01. The van der Waals surface area contributed by atoms with E-state index in [1.807, 2.05) is 24.7 Å². The molecule has 0 aromatic carbocycles. The Morgan fingerprint density at radius 3 is 2.67 bits per heavy atom. The van der Waals surface area contributed by atoms with Gasteiger partial charge in [0, 0.05) is 23.5 Å². The maximum absolute atomic E-state index is 12.1. The molecule has 1 heterocycles. The summed E-state index contributed by atoms with van der Waals surface area (Å²) in [6, 6.07) is 1.94. The van der Waals surface area contributed by atoms with Crippen molar-refractivity contribution in [2.45, 2.75) is 38.5 Å². The van der Waals surface area contributed by atoms with Gasteiger partial charge in [0.25, 0.3) is 5.91 Å². The van der Waals surface area contributed by atoms with E-state index in [0.29, 0.717) is 17.9 Å². The first-order chi connectivity index (χ1) is 8.26. The summed E-state index contributed by atoms with van der Waals surface area (Å²) in [4.78, 5) is 12.1. The third-order valence-electron chi connectivity index (χ3n) is 2.89. The van der Waals surface area contributed by atoms with Crippen LogP contribution in [0.3, 0.4) is 0 Å². The van der Waals surface area contributed by atoms with Gasteiger partial charge in [0.15, 0.2) is 0 Å². The van der Waals surface area contributed by atoms with E-state index in [4.69, 9.17) is 5.73 Å². The van der Waals surface area contributed by atoms with Crippen LogP contribution in [0.25, 0.3) is 0 Å². The van der Waals surface area contributed by atoms with E-state index in [1.54, 1.807) is 24.0 Å². The lowest BCUT2D eigenvalue weighted by atomic mass is 10.2. The molecule has 0 spiro atoms. The predicted molar refractivity (Wildman–Crippen MR) is 79.2 cm³/mol. The first-order valence-electron chi connectivity index (χ1n) is 6.07.